The third-order valence-corrected chi connectivity index (χ3v) is 3.75. The third-order valence-electron chi connectivity index (χ3n) is 2.66. The van der Waals surface area contributed by atoms with Gasteiger partial charge in [0.25, 0.3) is 10.2 Å². The second kappa shape index (κ2) is 5.22. The van der Waals surface area contributed by atoms with E-state index in [9.17, 15) is 8.42 Å². The van der Waals surface area contributed by atoms with Crippen molar-refractivity contribution < 1.29 is 13.2 Å². The van der Waals surface area contributed by atoms with Crippen LogP contribution in [0.1, 0.15) is 6.92 Å². The van der Waals surface area contributed by atoms with Crippen LogP contribution in [0.2, 0.25) is 0 Å². The average Bonchev–Trinajstić information content (AvgIpc) is 2.17. The van der Waals surface area contributed by atoms with Gasteiger partial charge < -0.3 is 4.74 Å². The first-order chi connectivity index (χ1) is 6.95. The molecule has 7 heteroatoms. The molecule has 0 amide bonds. The molecule has 0 aromatic rings. The van der Waals surface area contributed by atoms with Crippen molar-refractivity contribution in [2.75, 3.05) is 39.9 Å². The molecule has 1 saturated heterocycles. The first-order valence-electron chi connectivity index (χ1n) is 4.96. The summed E-state index contributed by atoms with van der Waals surface area (Å²) in [7, 11) is -1.85. The molecule has 0 spiro atoms. The molecule has 0 aromatic carbocycles. The highest BCUT2D eigenvalue weighted by Gasteiger charge is 2.25. The molecular weight excluding hydrogens is 218 g/mol. The first-order valence-corrected chi connectivity index (χ1v) is 6.46. The van der Waals surface area contributed by atoms with Gasteiger partial charge in [0.15, 0.2) is 0 Å². The molecule has 15 heavy (non-hydrogen) atoms. The van der Waals surface area contributed by atoms with E-state index in [1.54, 1.807) is 7.11 Å². The zero-order valence-electron chi connectivity index (χ0n) is 9.22. The smallest absolute Gasteiger partial charge is 0.276 e. The van der Waals surface area contributed by atoms with Crippen molar-refractivity contribution in [1.82, 2.24) is 9.21 Å². The lowest BCUT2D eigenvalue weighted by Crippen LogP contribution is -2.53. The highest BCUT2D eigenvalue weighted by molar-refractivity contribution is 7.86. The van der Waals surface area contributed by atoms with Crippen molar-refractivity contribution in [2.45, 2.75) is 13.0 Å². The summed E-state index contributed by atoms with van der Waals surface area (Å²) in [4.78, 5) is 2.20. The van der Waals surface area contributed by atoms with Crippen LogP contribution in [-0.2, 0) is 14.9 Å². The predicted molar refractivity (Wildman–Crippen MR) is 57.6 cm³/mol. The van der Waals surface area contributed by atoms with Gasteiger partial charge in [0.05, 0.1) is 6.61 Å². The van der Waals surface area contributed by atoms with Crippen LogP contribution >= 0.6 is 0 Å². The zero-order chi connectivity index (χ0) is 11.5. The van der Waals surface area contributed by atoms with E-state index >= 15 is 0 Å². The van der Waals surface area contributed by atoms with Crippen molar-refractivity contribution in [3.63, 3.8) is 0 Å². The van der Waals surface area contributed by atoms with Crippen molar-refractivity contribution in [3.05, 3.63) is 0 Å². The monoisotopic (exact) mass is 237 g/mol. The van der Waals surface area contributed by atoms with Gasteiger partial charge in [-0.25, -0.2) is 5.14 Å². The van der Waals surface area contributed by atoms with Gasteiger partial charge in [-0.3, -0.25) is 4.90 Å². The average molecular weight is 237 g/mol. The van der Waals surface area contributed by atoms with Crippen LogP contribution in [0, 0.1) is 0 Å². The summed E-state index contributed by atoms with van der Waals surface area (Å²) in [5.74, 6) is 0. The molecule has 1 fully saturated rings. The Morgan fingerprint density at radius 1 is 1.33 bits per heavy atom. The van der Waals surface area contributed by atoms with Crippen molar-refractivity contribution in [2.24, 2.45) is 5.14 Å². The van der Waals surface area contributed by atoms with Crippen LogP contribution < -0.4 is 5.14 Å². The Labute approximate surface area is 91.2 Å². The lowest BCUT2D eigenvalue weighted by molar-refractivity contribution is 0.0766. The molecule has 1 aliphatic heterocycles. The molecule has 0 aliphatic carbocycles. The van der Waals surface area contributed by atoms with E-state index in [1.807, 2.05) is 0 Å². The van der Waals surface area contributed by atoms with Crippen LogP contribution in [0.25, 0.3) is 0 Å². The Hall–Kier alpha value is -0.210. The quantitative estimate of drug-likeness (QED) is 0.669. The SMILES string of the molecule is COCC(C)N1CCN(S(N)(=O)=O)CC1. The molecule has 1 rings (SSSR count). The molecule has 1 aliphatic rings. The van der Waals surface area contributed by atoms with E-state index < -0.39 is 10.2 Å². The van der Waals surface area contributed by atoms with Gasteiger partial charge in [-0.1, -0.05) is 0 Å². The number of hydrogen-bond acceptors (Lipinski definition) is 4. The van der Waals surface area contributed by atoms with Crippen LogP contribution in [0.4, 0.5) is 0 Å². The number of hydrogen-bond donors (Lipinski definition) is 1. The van der Waals surface area contributed by atoms with Gasteiger partial charge in [0.1, 0.15) is 0 Å². The van der Waals surface area contributed by atoms with E-state index in [0.29, 0.717) is 38.8 Å². The normalized spacial score (nSPS) is 22.9. The second-order valence-electron chi connectivity index (χ2n) is 3.78. The van der Waals surface area contributed by atoms with E-state index in [4.69, 9.17) is 9.88 Å². The standard InChI is InChI=1S/C8H19N3O3S/c1-8(7-14-2)10-3-5-11(6-4-10)15(9,12)13/h8H,3-7H2,1-2H3,(H2,9,12,13). The summed E-state index contributed by atoms with van der Waals surface area (Å²) in [5.41, 5.74) is 0. The van der Waals surface area contributed by atoms with Gasteiger partial charge in [-0.2, -0.15) is 12.7 Å². The van der Waals surface area contributed by atoms with Crippen LogP contribution in [0.3, 0.4) is 0 Å². The molecule has 6 nitrogen and oxygen atoms in total. The minimum Gasteiger partial charge on any atom is -0.383 e. The van der Waals surface area contributed by atoms with Crippen molar-refractivity contribution in [3.8, 4) is 0 Å². The molecule has 90 valence electrons. The van der Waals surface area contributed by atoms with E-state index in [2.05, 4.69) is 11.8 Å². The molecule has 0 saturated carbocycles. The molecule has 2 N–H and O–H groups in total. The zero-order valence-corrected chi connectivity index (χ0v) is 10.0. The first kappa shape index (κ1) is 12.9. The van der Waals surface area contributed by atoms with Crippen LogP contribution in [-0.4, -0.2) is 63.6 Å². The number of piperazine rings is 1. The van der Waals surface area contributed by atoms with Crippen LogP contribution in [0.5, 0.6) is 0 Å². The van der Waals surface area contributed by atoms with E-state index in [0.717, 1.165) is 0 Å². The molecule has 0 aromatic heterocycles. The highest BCUT2D eigenvalue weighted by atomic mass is 32.2. The second-order valence-corrected chi connectivity index (χ2v) is 5.33. The van der Waals surface area contributed by atoms with E-state index in [1.165, 1.54) is 4.31 Å². The van der Waals surface area contributed by atoms with Gasteiger partial charge >= 0.3 is 0 Å². The number of nitrogens with two attached hydrogens (primary N) is 1. The maximum atomic E-state index is 11.0. The largest absolute Gasteiger partial charge is 0.383 e. The number of nitrogens with zero attached hydrogens (tertiary/aromatic N) is 2. The Kier molecular flexibility index (Phi) is 4.47. The number of ether oxygens (including phenoxy) is 1. The van der Waals surface area contributed by atoms with Crippen LogP contribution in [0.15, 0.2) is 0 Å². The van der Waals surface area contributed by atoms with Gasteiger partial charge in [0, 0.05) is 39.3 Å². The van der Waals surface area contributed by atoms with Gasteiger partial charge in [-0.15, -0.1) is 0 Å². The molecule has 1 unspecified atom stereocenters. The summed E-state index contributed by atoms with van der Waals surface area (Å²) in [6.45, 7) is 5.08. The fourth-order valence-electron chi connectivity index (χ4n) is 1.75. The Bertz CT molecular complexity index is 286. The summed E-state index contributed by atoms with van der Waals surface area (Å²) in [5, 5.41) is 5.05. The minimum atomic E-state index is -3.51. The lowest BCUT2D eigenvalue weighted by atomic mass is 10.2. The summed E-state index contributed by atoms with van der Waals surface area (Å²) in [6, 6.07) is 0.317. The fraction of sp³-hybridized carbons (Fsp3) is 1.00. The maximum Gasteiger partial charge on any atom is 0.276 e. The highest BCUT2D eigenvalue weighted by Crippen LogP contribution is 2.08. The Morgan fingerprint density at radius 2 is 1.87 bits per heavy atom. The lowest BCUT2D eigenvalue weighted by Gasteiger charge is -2.36. The predicted octanol–water partition coefficient (Wildman–Crippen LogP) is -1.16. The third kappa shape index (κ3) is 3.69. The van der Waals surface area contributed by atoms with E-state index in [-0.39, 0.29) is 0 Å². The number of methoxy groups -OCH3 is 1. The van der Waals surface area contributed by atoms with Crippen molar-refractivity contribution >= 4 is 10.2 Å². The maximum absolute atomic E-state index is 11.0. The Morgan fingerprint density at radius 3 is 2.27 bits per heavy atom. The minimum absolute atomic E-state index is 0.317. The summed E-state index contributed by atoms with van der Waals surface area (Å²) in [6.07, 6.45) is 0. The topological polar surface area (TPSA) is 75.9 Å². The fourth-order valence-corrected chi connectivity index (χ4v) is 2.42. The number of rotatable bonds is 4. The molecule has 1 heterocycles. The molecule has 0 bridgehead atoms. The van der Waals surface area contributed by atoms with Gasteiger partial charge in [0.2, 0.25) is 0 Å². The molecule has 0 radical (unpaired) electrons. The van der Waals surface area contributed by atoms with Gasteiger partial charge in [-0.05, 0) is 6.92 Å². The van der Waals surface area contributed by atoms with Crippen molar-refractivity contribution in [1.29, 1.82) is 0 Å². The molecular formula is C8H19N3O3S. The summed E-state index contributed by atoms with van der Waals surface area (Å²) < 4.78 is 28.5. The molecule has 1 atom stereocenters. The Balaban J connectivity index is 2.42. The summed E-state index contributed by atoms with van der Waals surface area (Å²) >= 11 is 0.